The van der Waals surface area contributed by atoms with Crippen LogP contribution in [0.3, 0.4) is 0 Å². The predicted molar refractivity (Wildman–Crippen MR) is 94.3 cm³/mol. The zero-order valence-corrected chi connectivity index (χ0v) is 16.1. The number of carbonyl (C=O) groups is 1. The van der Waals surface area contributed by atoms with Crippen molar-refractivity contribution in [2.75, 3.05) is 13.1 Å². The molecule has 1 amide bonds. The summed E-state index contributed by atoms with van der Waals surface area (Å²) in [7, 11) is 0. The van der Waals surface area contributed by atoms with Crippen LogP contribution in [-0.2, 0) is 4.79 Å². The Balaban J connectivity index is 4.55. The van der Waals surface area contributed by atoms with E-state index in [9.17, 15) is 26.7 Å². The number of halogens is 5. The quantitative estimate of drug-likeness (QED) is 0.225. The third-order valence-electron chi connectivity index (χ3n) is 4.48. The van der Waals surface area contributed by atoms with Gasteiger partial charge in [0.05, 0.1) is 0 Å². The van der Waals surface area contributed by atoms with Crippen LogP contribution in [0.5, 0.6) is 0 Å². The van der Waals surface area contributed by atoms with Gasteiger partial charge in [-0.15, -0.1) is 0 Å². The van der Waals surface area contributed by atoms with Gasteiger partial charge < -0.3 is 4.90 Å². The summed E-state index contributed by atoms with van der Waals surface area (Å²) >= 11 is 0. The molecular weight excluding hydrogens is 353 g/mol. The molecule has 156 valence electrons. The third kappa shape index (κ3) is 9.72. The van der Waals surface area contributed by atoms with Crippen LogP contribution in [0.2, 0.25) is 0 Å². The van der Waals surface area contributed by atoms with E-state index in [0.717, 1.165) is 64.2 Å². The molecule has 0 unspecified atom stereocenters. The zero-order valence-electron chi connectivity index (χ0n) is 16.1. The van der Waals surface area contributed by atoms with Crippen LogP contribution in [0.15, 0.2) is 0 Å². The molecule has 0 aromatic heterocycles. The Morgan fingerprint density at radius 2 is 1.00 bits per heavy atom. The van der Waals surface area contributed by atoms with Crippen LogP contribution >= 0.6 is 0 Å². The molecule has 26 heavy (non-hydrogen) atoms. The average molecular weight is 387 g/mol. The Kier molecular flexibility index (Phi) is 12.9. The van der Waals surface area contributed by atoms with Crippen molar-refractivity contribution < 1.29 is 26.7 Å². The molecule has 0 rings (SSSR count). The second-order valence-corrected chi connectivity index (χ2v) is 6.90. The van der Waals surface area contributed by atoms with E-state index in [1.807, 2.05) is 0 Å². The van der Waals surface area contributed by atoms with Gasteiger partial charge in [0.25, 0.3) is 0 Å². The summed E-state index contributed by atoms with van der Waals surface area (Å²) in [5.41, 5.74) is 0. The van der Waals surface area contributed by atoms with E-state index in [1.165, 1.54) is 0 Å². The Bertz CT molecular complexity index is 355. The van der Waals surface area contributed by atoms with Gasteiger partial charge in [0.2, 0.25) is 0 Å². The van der Waals surface area contributed by atoms with Crippen molar-refractivity contribution in [1.82, 2.24) is 4.90 Å². The van der Waals surface area contributed by atoms with Gasteiger partial charge in [-0.1, -0.05) is 78.1 Å². The van der Waals surface area contributed by atoms with Crippen molar-refractivity contribution >= 4 is 5.91 Å². The maximum atomic E-state index is 13.4. The lowest BCUT2D eigenvalue weighted by atomic mass is 10.1. The minimum Gasteiger partial charge on any atom is -0.337 e. The largest absolute Gasteiger partial charge is 0.463 e. The minimum atomic E-state index is -5.84. The highest BCUT2D eigenvalue weighted by Crippen LogP contribution is 2.37. The maximum Gasteiger partial charge on any atom is 0.463 e. The monoisotopic (exact) mass is 387 g/mol. The molecule has 0 fully saturated rings. The molecule has 0 aromatic carbocycles. The Morgan fingerprint density at radius 1 is 0.654 bits per heavy atom. The summed E-state index contributed by atoms with van der Waals surface area (Å²) in [4.78, 5) is 12.5. The van der Waals surface area contributed by atoms with Crippen molar-refractivity contribution in [2.45, 2.75) is 103 Å². The first-order valence-corrected chi connectivity index (χ1v) is 9.92. The molecule has 0 aliphatic heterocycles. The van der Waals surface area contributed by atoms with Gasteiger partial charge in [0, 0.05) is 13.1 Å². The van der Waals surface area contributed by atoms with Crippen LogP contribution in [-0.4, -0.2) is 36.0 Å². The fraction of sp³-hybridized carbons (Fsp3) is 0.947. The standard InChI is InChI=1S/C19H34F5NO/c1-3-5-7-9-11-13-15-25(16-14-12-10-8-6-4-2)17(26)18(20,21)19(22,23)24/h3-16H2,1-2H3. The lowest BCUT2D eigenvalue weighted by molar-refractivity contribution is -0.274. The van der Waals surface area contributed by atoms with Gasteiger partial charge in [0.1, 0.15) is 0 Å². The molecule has 7 heteroatoms. The second kappa shape index (κ2) is 13.3. The normalized spacial score (nSPS) is 12.4. The highest BCUT2D eigenvalue weighted by Gasteiger charge is 2.64. The average Bonchev–Trinajstić information content (AvgIpc) is 2.57. The van der Waals surface area contributed by atoms with Crippen LogP contribution in [0.1, 0.15) is 90.9 Å². The molecule has 0 spiro atoms. The van der Waals surface area contributed by atoms with Gasteiger partial charge in [-0.3, -0.25) is 4.79 Å². The number of hydrogen-bond donors (Lipinski definition) is 0. The first-order chi connectivity index (χ1) is 12.2. The second-order valence-electron chi connectivity index (χ2n) is 6.90. The van der Waals surface area contributed by atoms with Crippen LogP contribution in [0, 0.1) is 0 Å². The van der Waals surface area contributed by atoms with Gasteiger partial charge in [0.15, 0.2) is 0 Å². The van der Waals surface area contributed by atoms with E-state index in [2.05, 4.69) is 13.8 Å². The number of nitrogens with zero attached hydrogens (tertiary/aromatic N) is 1. The van der Waals surface area contributed by atoms with Crippen molar-refractivity contribution in [1.29, 1.82) is 0 Å². The van der Waals surface area contributed by atoms with Crippen LogP contribution in [0.4, 0.5) is 22.0 Å². The van der Waals surface area contributed by atoms with E-state index in [4.69, 9.17) is 0 Å². The van der Waals surface area contributed by atoms with Crippen molar-refractivity contribution in [3.8, 4) is 0 Å². The minimum absolute atomic E-state index is 0.0361. The summed E-state index contributed by atoms with van der Waals surface area (Å²) in [6, 6.07) is 0. The maximum absolute atomic E-state index is 13.4. The summed E-state index contributed by atoms with van der Waals surface area (Å²) in [5, 5.41) is 0. The van der Waals surface area contributed by atoms with Crippen molar-refractivity contribution in [3.63, 3.8) is 0 Å². The summed E-state index contributed by atoms with van der Waals surface area (Å²) in [5.74, 6) is -7.41. The summed E-state index contributed by atoms with van der Waals surface area (Å²) < 4.78 is 64.3. The topological polar surface area (TPSA) is 20.3 Å². The SMILES string of the molecule is CCCCCCCCN(CCCCCCCC)C(=O)C(F)(F)C(F)(F)F. The fourth-order valence-corrected chi connectivity index (χ4v) is 2.80. The number of alkyl halides is 5. The molecule has 0 N–H and O–H groups in total. The van der Waals surface area contributed by atoms with E-state index in [1.54, 1.807) is 0 Å². The van der Waals surface area contributed by atoms with Gasteiger partial charge >= 0.3 is 18.0 Å². The van der Waals surface area contributed by atoms with Crippen LogP contribution < -0.4 is 0 Å². The van der Waals surface area contributed by atoms with Crippen molar-refractivity contribution in [3.05, 3.63) is 0 Å². The molecule has 0 aromatic rings. The first-order valence-electron chi connectivity index (χ1n) is 9.92. The molecule has 0 atom stereocenters. The summed E-state index contributed by atoms with van der Waals surface area (Å²) in [6.45, 7) is 4.07. The Hall–Kier alpha value is -0.880. The lowest BCUT2D eigenvalue weighted by Crippen LogP contribution is -2.52. The van der Waals surface area contributed by atoms with Gasteiger partial charge in [-0.2, -0.15) is 22.0 Å². The van der Waals surface area contributed by atoms with Gasteiger partial charge in [-0.05, 0) is 12.8 Å². The zero-order chi connectivity index (χ0) is 20.1. The number of unbranched alkanes of at least 4 members (excludes halogenated alkanes) is 10. The molecule has 0 saturated heterocycles. The Labute approximate surface area is 154 Å². The van der Waals surface area contributed by atoms with Crippen LogP contribution in [0.25, 0.3) is 0 Å². The molecule has 0 bridgehead atoms. The molecule has 0 saturated carbocycles. The highest BCUT2D eigenvalue weighted by molar-refractivity contribution is 5.84. The van der Waals surface area contributed by atoms with E-state index < -0.39 is 18.0 Å². The molecule has 2 nitrogen and oxygen atoms in total. The number of amides is 1. The third-order valence-corrected chi connectivity index (χ3v) is 4.48. The Morgan fingerprint density at radius 3 is 1.35 bits per heavy atom. The number of carbonyl (C=O) groups excluding carboxylic acids is 1. The van der Waals surface area contributed by atoms with Gasteiger partial charge in [-0.25, -0.2) is 0 Å². The molecule has 0 aliphatic rings. The lowest BCUT2D eigenvalue weighted by Gasteiger charge is -2.28. The first kappa shape index (κ1) is 25.1. The molecule has 0 aliphatic carbocycles. The smallest absolute Gasteiger partial charge is 0.337 e. The van der Waals surface area contributed by atoms with Crippen molar-refractivity contribution in [2.24, 2.45) is 0 Å². The summed E-state index contributed by atoms with van der Waals surface area (Å²) in [6.07, 6.45) is 4.67. The van der Waals surface area contributed by atoms with E-state index in [0.29, 0.717) is 17.7 Å². The van der Waals surface area contributed by atoms with E-state index >= 15 is 0 Å². The number of rotatable bonds is 15. The number of hydrogen-bond acceptors (Lipinski definition) is 1. The van der Waals surface area contributed by atoms with E-state index in [-0.39, 0.29) is 13.1 Å². The molecule has 0 heterocycles. The highest BCUT2D eigenvalue weighted by atomic mass is 19.4. The fourth-order valence-electron chi connectivity index (χ4n) is 2.80. The molecule has 0 radical (unpaired) electrons. The molecular formula is C19H34F5NO. The predicted octanol–water partition coefficient (Wildman–Crippen LogP) is 6.73.